The number of hydrogen-bond donors (Lipinski definition) is 3. The quantitative estimate of drug-likeness (QED) is 0.598. The Bertz CT molecular complexity index is 170. The molecule has 76 valence electrons. The molecule has 0 aromatic heterocycles. The number of aliphatic carboxylic acids is 1. The van der Waals surface area contributed by atoms with Crippen molar-refractivity contribution in [2.24, 2.45) is 5.92 Å². The van der Waals surface area contributed by atoms with Crippen LogP contribution in [0.2, 0.25) is 0 Å². The fourth-order valence-corrected chi connectivity index (χ4v) is 1.90. The van der Waals surface area contributed by atoms with Crippen LogP contribution in [0.1, 0.15) is 32.1 Å². The van der Waals surface area contributed by atoms with E-state index in [1.165, 1.54) is 0 Å². The van der Waals surface area contributed by atoms with Crippen molar-refractivity contribution in [3.8, 4) is 0 Å². The third kappa shape index (κ3) is 2.97. The van der Waals surface area contributed by atoms with Crippen LogP contribution in [0.5, 0.6) is 0 Å². The zero-order chi connectivity index (χ0) is 9.84. The average molecular weight is 188 g/mol. The van der Waals surface area contributed by atoms with Crippen LogP contribution >= 0.6 is 0 Å². The van der Waals surface area contributed by atoms with Gasteiger partial charge in [-0.15, -0.1) is 0 Å². The predicted molar refractivity (Wildman–Crippen MR) is 46.2 cm³/mol. The highest BCUT2D eigenvalue weighted by molar-refractivity contribution is 5.66. The molecule has 0 aliphatic heterocycles. The van der Waals surface area contributed by atoms with Crippen LogP contribution in [-0.4, -0.2) is 33.5 Å². The lowest BCUT2D eigenvalue weighted by Crippen LogP contribution is -2.36. The minimum atomic E-state index is -0.870. The second-order valence-electron chi connectivity index (χ2n) is 3.66. The lowest BCUT2D eigenvalue weighted by molar-refractivity contribution is -0.138. The van der Waals surface area contributed by atoms with E-state index < -0.39 is 18.2 Å². The van der Waals surface area contributed by atoms with Crippen LogP contribution in [-0.2, 0) is 4.79 Å². The number of carbonyl (C=O) groups is 1. The summed E-state index contributed by atoms with van der Waals surface area (Å²) in [6, 6.07) is 0. The molecule has 2 atom stereocenters. The van der Waals surface area contributed by atoms with Crippen LogP contribution in [0.3, 0.4) is 0 Å². The standard InChI is InChI=1S/C9H16O4/c10-7-2-1-3-8(11)6(7)4-5-9(12)13/h6-8,10-11H,1-5H2,(H,12,13). The zero-order valence-corrected chi connectivity index (χ0v) is 7.52. The van der Waals surface area contributed by atoms with E-state index in [0.717, 1.165) is 6.42 Å². The molecule has 0 aromatic carbocycles. The van der Waals surface area contributed by atoms with Gasteiger partial charge in [-0.05, 0) is 25.7 Å². The molecule has 2 unspecified atom stereocenters. The molecule has 3 N–H and O–H groups in total. The molecule has 1 aliphatic carbocycles. The lowest BCUT2D eigenvalue weighted by Gasteiger charge is -2.31. The van der Waals surface area contributed by atoms with Crippen molar-refractivity contribution in [3.05, 3.63) is 0 Å². The fourth-order valence-electron chi connectivity index (χ4n) is 1.90. The highest BCUT2D eigenvalue weighted by Gasteiger charge is 2.30. The summed E-state index contributed by atoms with van der Waals surface area (Å²) in [4.78, 5) is 10.3. The van der Waals surface area contributed by atoms with Gasteiger partial charge in [-0.1, -0.05) is 0 Å². The van der Waals surface area contributed by atoms with Crippen molar-refractivity contribution in [1.82, 2.24) is 0 Å². The molecule has 0 aromatic rings. The summed E-state index contributed by atoms with van der Waals surface area (Å²) >= 11 is 0. The maximum absolute atomic E-state index is 10.3. The average Bonchev–Trinajstić information content (AvgIpc) is 2.03. The second-order valence-corrected chi connectivity index (χ2v) is 3.66. The van der Waals surface area contributed by atoms with E-state index in [0.29, 0.717) is 19.3 Å². The van der Waals surface area contributed by atoms with E-state index in [9.17, 15) is 15.0 Å². The van der Waals surface area contributed by atoms with Crippen LogP contribution in [0.4, 0.5) is 0 Å². The van der Waals surface area contributed by atoms with Gasteiger partial charge in [0.25, 0.3) is 0 Å². The van der Waals surface area contributed by atoms with Gasteiger partial charge in [0.2, 0.25) is 0 Å². The smallest absolute Gasteiger partial charge is 0.303 e. The first-order valence-corrected chi connectivity index (χ1v) is 4.69. The van der Waals surface area contributed by atoms with E-state index in [-0.39, 0.29) is 12.3 Å². The van der Waals surface area contributed by atoms with Crippen molar-refractivity contribution < 1.29 is 20.1 Å². The zero-order valence-electron chi connectivity index (χ0n) is 7.52. The Balaban J connectivity index is 2.39. The SMILES string of the molecule is O=C(O)CCC1C(O)CCCC1O. The predicted octanol–water partition coefficient (Wildman–Crippen LogP) is 0.373. The summed E-state index contributed by atoms with van der Waals surface area (Å²) in [5.74, 6) is -1.12. The number of hydrogen-bond acceptors (Lipinski definition) is 3. The van der Waals surface area contributed by atoms with E-state index >= 15 is 0 Å². The molecular formula is C9H16O4. The topological polar surface area (TPSA) is 77.8 Å². The molecule has 1 saturated carbocycles. The number of carboxylic acids is 1. The third-order valence-electron chi connectivity index (χ3n) is 2.68. The van der Waals surface area contributed by atoms with Gasteiger partial charge in [-0.2, -0.15) is 0 Å². The Kier molecular flexibility index (Phi) is 3.69. The minimum Gasteiger partial charge on any atom is -0.481 e. The van der Waals surface area contributed by atoms with Gasteiger partial charge in [0, 0.05) is 12.3 Å². The molecule has 0 bridgehead atoms. The molecule has 0 saturated heterocycles. The Morgan fingerprint density at radius 3 is 2.23 bits per heavy atom. The van der Waals surface area contributed by atoms with Crippen molar-refractivity contribution in [2.75, 3.05) is 0 Å². The number of aliphatic hydroxyl groups is 2. The third-order valence-corrected chi connectivity index (χ3v) is 2.68. The monoisotopic (exact) mass is 188 g/mol. The lowest BCUT2D eigenvalue weighted by atomic mass is 9.81. The Labute approximate surface area is 77.2 Å². The first kappa shape index (κ1) is 10.5. The molecule has 1 fully saturated rings. The first-order chi connectivity index (χ1) is 6.11. The van der Waals surface area contributed by atoms with Gasteiger partial charge in [0.05, 0.1) is 12.2 Å². The number of aliphatic hydroxyl groups excluding tert-OH is 2. The molecule has 4 heteroatoms. The van der Waals surface area contributed by atoms with E-state index in [1.54, 1.807) is 0 Å². The van der Waals surface area contributed by atoms with Crippen molar-refractivity contribution in [1.29, 1.82) is 0 Å². The van der Waals surface area contributed by atoms with Gasteiger partial charge in [0.1, 0.15) is 0 Å². The summed E-state index contributed by atoms with van der Waals surface area (Å²) < 4.78 is 0. The fraction of sp³-hybridized carbons (Fsp3) is 0.889. The van der Waals surface area contributed by atoms with Gasteiger partial charge < -0.3 is 15.3 Å². The Hall–Kier alpha value is -0.610. The second kappa shape index (κ2) is 4.58. The molecule has 0 spiro atoms. The molecule has 0 heterocycles. The van der Waals surface area contributed by atoms with Crippen molar-refractivity contribution in [3.63, 3.8) is 0 Å². The maximum atomic E-state index is 10.3. The van der Waals surface area contributed by atoms with Crippen LogP contribution < -0.4 is 0 Å². The molecule has 1 rings (SSSR count). The van der Waals surface area contributed by atoms with Gasteiger partial charge in [-0.3, -0.25) is 4.79 Å². The van der Waals surface area contributed by atoms with Gasteiger partial charge in [0.15, 0.2) is 0 Å². The molecule has 0 radical (unpaired) electrons. The maximum Gasteiger partial charge on any atom is 0.303 e. The highest BCUT2D eigenvalue weighted by Crippen LogP contribution is 2.28. The molecule has 1 aliphatic rings. The summed E-state index contributed by atoms with van der Waals surface area (Å²) in [5, 5.41) is 27.5. The summed E-state index contributed by atoms with van der Waals surface area (Å²) in [6.45, 7) is 0. The van der Waals surface area contributed by atoms with Crippen LogP contribution in [0.15, 0.2) is 0 Å². The molecule has 0 amide bonds. The minimum absolute atomic E-state index is 0.0266. The molecule has 13 heavy (non-hydrogen) atoms. The normalized spacial score (nSPS) is 34.5. The van der Waals surface area contributed by atoms with Gasteiger partial charge in [-0.25, -0.2) is 0 Å². The van der Waals surface area contributed by atoms with Crippen LogP contribution in [0, 0.1) is 5.92 Å². The van der Waals surface area contributed by atoms with E-state index in [4.69, 9.17) is 5.11 Å². The highest BCUT2D eigenvalue weighted by atomic mass is 16.4. The Morgan fingerprint density at radius 1 is 1.23 bits per heavy atom. The van der Waals surface area contributed by atoms with Gasteiger partial charge >= 0.3 is 5.97 Å². The van der Waals surface area contributed by atoms with E-state index in [2.05, 4.69) is 0 Å². The number of carboxylic acid groups (broad SMARTS) is 1. The Morgan fingerprint density at radius 2 is 1.77 bits per heavy atom. The summed E-state index contributed by atoms with van der Waals surface area (Å²) in [5.41, 5.74) is 0. The molecule has 4 nitrogen and oxygen atoms in total. The summed E-state index contributed by atoms with van der Waals surface area (Å²) in [7, 11) is 0. The largest absolute Gasteiger partial charge is 0.481 e. The number of rotatable bonds is 3. The van der Waals surface area contributed by atoms with E-state index in [1.807, 2.05) is 0 Å². The van der Waals surface area contributed by atoms with Crippen molar-refractivity contribution >= 4 is 5.97 Å². The van der Waals surface area contributed by atoms with Crippen LogP contribution in [0.25, 0.3) is 0 Å². The first-order valence-electron chi connectivity index (χ1n) is 4.69. The molecular weight excluding hydrogens is 172 g/mol. The summed E-state index contributed by atoms with van der Waals surface area (Å²) in [6.07, 6.45) is 1.54. The van der Waals surface area contributed by atoms with Crippen molar-refractivity contribution in [2.45, 2.75) is 44.3 Å².